The maximum Gasteiger partial charge on any atom is 0.291 e. The summed E-state index contributed by atoms with van der Waals surface area (Å²) in [5.74, 6) is 0.111. The number of carbonyl (C=O) groups excluding carboxylic acids is 1. The number of rotatable bonds is 2. The second-order valence-electron chi connectivity index (χ2n) is 5.38. The lowest BCUT2D eigenvalue weighted by Gasteiger charge is -2.07. The summed E-state index contributed by atoms with van der Waals surface area (Å²) in [5, 5.41) is 3.86. The van der Waals surface area contributed by atoms with Crippen LogP contribution in [0.4, 0.5) is 5.69 Å². The molecule has 0 fully saturated rings. The fourth-order valence-corrected chi connectivity index (χ4v) is 2.38. The van der Waals surface area contributed by atoms with E-state index in [9.17, 15) is 4.79 Å². The molecular formula is C18H17NO2. The number of fused-ring (bicyclic) bond motifs is 1. The fraction of sp³-hybridized carbons (Fsp3) is 0.167. The van der Waals surface area contributed by atoms with E-state index in [0.29, 0.717) is 5.76 Å². The van der Waals surface area contributed by atoms with Gasteiger partial charge >= 0.3 is 0 Å². The van der Waals surface area contributed by atoms with E-state index in [4.69, 9.17) is 4.42 Å². The Morgan fingerprint density at radius 2 is 1.81 bits per heavy atom. The SMILES string of the molecule is Cc1ccc(C)c(NC(=O)c2cc3cccc(C)c3o2)c1. The molecule has 0 saturated heterocycles. The largest absolute Gasteiger partial charge is 0.451 e. The van der Waals surface area contributed by atoms with Crippen LogP contribution >= 0.6 is 0 Å². The first-order chi connectivity index (χ1) is 10.0. The fourth-order valence-electron chi connectivity index (χ4n) is 2.38. The molecule has 3 heteroatoms. The van der Waals surface area contributed by atoms with Gasteiger partial charge in [0.1, 0.15) is 5.58 Å². The van der Waals surface area contributed by atoms with Crippen LogP contribution in [0.2, 0.25) is 0 Å². The Bertz CT molecular complexity index is 830. The highest BCUT2D eigenvalue weighted by Crippen LogP contribution is 2.24. The minimum absolute atomic E-state index is 0.223. The highest BCUT2D eigenvalue weighted by atomic mass is 16.3. The smallest absolute Gasteiger partial charge is 0.291 e. The van der Waals surface area contributed by atoms with Gasteiger partial charge in [0.25, 0.3) is 5.91 Å². The highest BCUT2D eigenvalue weighted by molar-refractivity contribution is 6.05. The summed E-state index contributed by atoms with van der Waals surface area (Å²) in [4.78, 5) is 12.4. The molecule has 0 radical (unpaired) electrons. The Kier molecular flexibility index (Phi) is 3.26. The molecule has 3 nitrogen and oxygen atoms in total. The van der Waals surface area contributed by atoms with Crippen molar-refractivity contribution in [3.63, 3.8) is 0 Å². The molecule has 0 aliphatic rings. The summed E-state index contributed by atoms with van der Waals surface area (Å²) in [6.07, 6.45) is 0. The summed E-state index contributed by atoms with van der Waals surface area (Å²) in [5.41, 5.74) is 4.75. The molecule has 3 rings (SSSR count). The Morgan fingerprint density at radius 3 is 2.57 bits per heavy atom. The van der Waals surface area contributed by atoms with Gasteiger partial charge in [0.2, 0.25) is 0 Å². The van der Waals surface area contributed by atoms with Gasteiger partial charge in [-0.05, 0) is 49.6 Å². The van der Waals surface area contributed by atoms with Crippen molar-refractivity contribution in [2.45, 2.75) is 20.8 Å². The predicted octanol–water partition coefficient (Wildman–Crippen LogP) is 4.61. The van der Waals surface area contributed by atoms with Crippen molar-refractivity contribution in [1.82, 2.24) is 0 Å². The first-order valence-electron chi connectivity index (χ1n) is 6.92. The Hall–Kier alpha value is -2.55. The van der Waals surface area contributed by atoms with Gasteiger partial charge in [-0.25, -0.2) is 0 Å². The molecule has 21 heavy (non-hydrogen) atoms. The Balaban J connectivity index is 1.93. The summed E-state index contributed by atoms with van der Waals surface area (Å²) in [6.45, 7) is 5.94. The molecule has 0 spiro atoms. The zero-order valence-corrected chi connectivity index (χ0v) is 12.4. The van der Waals surface area contributed by atoms with Crippen molar-refractivity contribution in [2.24, 2.45) is 0 Å². The quantitative estimate of drug-likeness (QED) is 0.744. The van der Waals surface area contributed by atoms with Gasteiger partial charge in [-0.1, -0.05) is 30.3 Å². The van der Waals surface area contributed by atoms with Gasteiger partial charge in [0.15, 0.2) is 5.76 Å². The van der Waals surface area contributed by atoms with Crippen LogP contribution in [0, 0.1) is 20.8 Å². The van der Waals surface area contributed by atoms with Crippen molar-refractivity contribution in [3.05, 3.63) is 64.9 Å². The zero-order valence-electron chi connectivity index (χ0n) is 12.4. The summed E-state index contributed by atoms with van der Waals surface area (Å²) in [7, 11) is 0. The van der Waals surface area contributed by atoms with Crippen LogP contribution in [-0.4, -0.2) is 5.91 Å². The number of hydrogen-bond acceptors (Lipinski definition) is 2. The van der Waals surface area contributed by atoms with Gasteiger partial charge in [-0.3, -0.25) is 4.79 Å². The lowest BCUT2D eigenvalue weighted by Crippen LogP contribution is -2.11. The van der Waals surface area contributed by atoms with E-state index in [1.54, 1.807) is 6.07 Å². The van der Waals surface area contributed by atoms with Gasteiger partial charge in [0.05, 0.1) is 0 Å². The van der Waals surface area contributed by atoms with Gasteiger partial charge < -0.3 is 9.73 Å². The van der Waals surface area contributed by atoms with E-state index in [1.165, 1.54) is 0 Å². The van der Waals surface area contributed by atoms with Crippen molar-refractivity contribution in [3.8, 4) is 0 Å². The highest BCUT2D eigenvalue weighted by Gasteiger charge is 2.14. The molecular weight excluding hydrogens is 262 g/mol. The first kappa shape index (κ1) is 13.4. The number of furan rings is 1. The van der Waals surface area contributed by atoms with E-state index in [-0.39, 0.29) is 5.91 Å². The van der Waals surface area contributed by atoms with Crippen LogP contribution in [0.25, 0.3) is 11.0 Å². The molecule has 0 saturated carbocycles. The van der Waals surface area contributed by atoms with Crippen LogP contribution in [-0.2, 0) is 0 Å². The van der Waals surface area contributed by atoms with Crippen LogP contribution in [0.15, 0.2) is 46.9 Å². The molecule has 0 aliphatic carbocycles. The number of anilines is 1. The number of para-hydroxylation sites is 1. The van der Waals surface area contributed by atoms with Crippen LogP contribution in [0.1, 0.15) is 27.2 Å². The molecule has 3 aromatic rings. The topological polar surface area (TPSA) is 42.2 Å². The van der Waals surface area contributed by atoms with E-state index in [2.05, 4.69) is 5.32 Å². The molecule has 106 valence electrons. The third-order valence-electron chi connectivity index (χ3n) is 3.61. The number of aryl methyl sites for hydroxylation is 3. The van der Waals surface area contributed by atoms with Crippen LogP contribution in [0.3, 0.4) is 0 Å². The van der Waals surface area contributed by atoms with Crippen molar-refractivity contribution >= 4 is 22.6 Å². The third-order valence-corrected chi connectivity index (χ3v) is 3.61. The average molecular weight is 279 g/mol. The zero-order chi connectivity index (χ0) is 15.0. The summed E-state index contributed by atoms with van der Waals surface area (Å²) in [6, 6.07) is 13.6. The monoisotopic (exact) mass is 279 g/mol. The van der Waals surface area contributed by atoms with Crippen LogP contribution < -0.4 is 5.32 Å². The van der Waals surface area contributed by atoms with E-state index < -0.39 is 0 Å². The van der Waals surface area contributed by atoms with Gasteiger partial charge in [-0.2, -0.15) is 0 Å². The lowest BCUT2D eigenvalue weighted by atomic mass is 10.1. The number of nitrogens with one attached hydrogen (secondary N) is 1. The van der Waals surface area contributed by atoms with Crippen LogP contribution in [0.5, 0.6) is 0 Å². The number of benzene rings is 2. The Morgan fingerprint density at radius 1 is 1.00 bits per heavy atom. The molecule has 1 aromatic heterocycles. The maximum absolute atomic E-state index is 12.4. The number of hydrogen-bond donors (Lipinski definition) is 1. The van der Waals surface area contributed by atoms with Gasteiger partial charge in [-0.15, -0.1) is 0 Å². The molecule has 1 heterocycles. The van der Waals surface area contributed by atoms with Crippen molar-refractivity contribution in [2.75, 3.05) is 5.32 Å². The minimum Gasteiger partial charge on any atom is -0.451 e. The lowest BCUT2D eigenvalue weighted by molar-refractivity contribution is 0.0998. The molecule has 1 amide bonds. The number of amides is 1. The molecule has 0 aliphatic heterocycles. The maximum atomic E-state index is 12.4. The molecule has 0 atom stereocenters. The molecule has 1 N–H and O–H groups in total. The van der Waals surface area contributed by atoms with E-state index in [1.807, 2.05) is 57.2 Å². The standard InChI is InChI=1S/C18H17NO2/c1-11-7-8-12(2)15(9-11)19-18(20)16-10-14-6-4-5-13(3)17(14)21-16/h4-10H,1-3H3,(H,19,20). The van der Waals surface area contributed by atoms with Crippen molar-refractivity contribution in [1.29, 1.82) is 0 Å². The average Bonchev–Trinajstić information content (AvgIpc) is 2.88. The van der Waals surface area contributed by atoms with Crippen molar-refractivity contribution < 1.29 is 9.21 Å². The molecule has 2 aromatic carbocycles. The summed E-state index contributed by atoms with van der Waals surface area (Å²) >= 11 is 0. The summed E-state index contributed by atoms with van der Waals surface area (Å²) < 4.78 is 5.69. The minimum atomic E-state index is -0.223. The second-order valence-corrected chi connectivity index (χ2v) is 5.38. The second kappa shape index (κ2) is 5.09. The van der Waals surface area contributed by atoms with E-state index >= 15 is 0 Å². The molecule has 0 bridgehead atoms. The number of carbonyl (C=O) groups is 1. The Labute approximate surface area is 123 Å². The molecule has 0 unspecified atom stereocenters. The predicted molar refractivity (Wildman–Crippen MR) is 84.8 cm³/mol. The van der Waals surface area contributed by atoms with E-state index in [0.717, 1.165) is 33.3 Å². The third kappa shape index (κ3) is 2.55. The van der Waals surface area contributed by atoms with Gasteiger partial charge in [0, 0.05) is 11.1 Å². The normalized spacial score (nSPS) is 10.8. The first-order valence-corrected chi connectivity index (χ1v) is 6.92.